The van der Waals surface area contributed by atoms with Crippen LogP contribution in [-0.2, 0) is 30.1 Å². The molecule has 0 bridgehead atoms. The lowest BCUT2D eigenvalue weighted by atomic mass is 9.94. The Kier molecular flexibility index (Phi) is 5.22. The van der Waals surface area contributed by atoms with Crippen LogP contribution in [0.5, 0.6) is 0 Å². The highest BCUT2D eigenvalue weighted by atomic mass is 16.5. The van der Waals surface area contributed by atoms with Gasteiger partial charge in [0, 0.05) is 58.0 Å². The van der Waals surface area contributed by atoms with Gasteiger partial charge >= 0.3 is 5.69 Å². The highest BCUT2D eigenvalue weighted by molar-refractivity contribution is 5.04. The molecule has 0 N–H and O–H groups in total. The lowest BCUT2D eigenvalue weighted by Crippen LogP contribution is -2.51. The minimum absolute atomic E-state index is 0.256. The Morgan fingerprint density at radius 1 is 1.25 bits per heavy atom. The normalized spacial score (nSPS) is 28.4. The van der Waals surface area contributed by atoms with E-state index in [-0.39, 0.29) is 23.4 Å². The summed E-state index contributed by atoms with van der Waals surface area (Å²) in [4.78, 5) is 26.5. The van der Waals surface area contributed by atoms with Crippen LogP contribution in [0.2, 0.25) is 0 Å². The van der Waals surface area contributed by atoms with Gasteiger partial charge in [0.25, 0.3) is 5.56 Å². The van der Waals surface area contributed by atoms with Crippen LogP contribution >= 0.6 is 0 Å². The summed E-state index contributed by atoms with van der Waals surface area (Å²) in [6.45, 7) is 2.76. The van der Waals surface area contributed by atoms with Gasteiger partial charge in [-0.25, -0.2) is 4.79 Å². The van der Waals surface area contributed by atoms with Crippen molar-refractivity contribution in [3.8, 4) is 0 Å². The van der Waals surface area contributed by atoms with Gasteiger partial charge in [-0.3, -0.25) is 18.8 Å². The van der Waals surface area contributed by atoms with E-state index in [1.807, 2.05) is 0 Å². The maximum absolute atomic E-state index is 12.2. The molecular formula is C17H27N3O4. The van der Waals surface area contributed by atoms with E-state index >= 15 is 0 Å². The topological polar surface area (TPSA) is 65.7 Å². The smallest absolute Gasteiger partial charge is 0.330 e. The third kappa shape index (κ3) is 3.20. The quantitative estimate of drug-likeness (QED) is 0.780. The van der Waals surface area contributed by atoms with Crippen molar-refractivity contribution in [1.82, 2.24) is 14.0 Å². The third-order valence-corrected chi connectivity index (χ3v) is 5.57. The Labute approximate surface area is 141 Å². The minimum Gasteiger partial charge on any atom is -0.381 e. The van der Waals surface area contributed by atoms with Crippen LogP contribution in [0.1, 0.15) is 25.0 Å². The van der Waals surface area contributed by atoms with Gasteiger partial charge in [0.05, 0.1) is 19.3 Å². The number of methoxy groups -OCH3 is 1. The molecule has 24 heavy (non-hydrogen) atoms. The molecule has 2 fully saturated rings. The fourth-order valence-corrected chi connectivity index (χ4v) is 4.07. The van der Waals surface area contributed by atoms with E-state index in [2.05, 4.69) is 4.90 Å². The monoisotopic (exact) mass is 337 g/mol. The molecule has 1 saturated carbocycles. The van der Waals surface area contributed by atoms with E-state index < -0.39 is 0 Å². The molecule has 1 aliphatic carbocycles. The summed E-state index contributed by atoms with van der Waals surface area (Å²) in [6, 6.07) is 1.83. The van der Waals surface area contributed by atoms with Crippen LogP contribution in [0, 0.1) is 5.92 Å². The van der Waals surface area contributed by atoms with Gasteiger partial charge in [-0.15, -0.1) is 0 Å². The summed E-state index contributed by atoms with van der Waals surface area (Å²) in [5, 5.41) is 0. The Bertz CT molecular complexity index is 696. The Balaban J connectivity index is 1.85. The van der Waals surface area contributed by atoms with Crippen molar-refractivity contribution in [3.63, 3.8) is 0 Å². The number of hydrogen-bond donors (Lipinski definition) is 0. The van der Waals surface area contributed by atoms with Crippen LogP contribution < -0.4 is 11.2 Å². The van der Waals surface area contributed by atoms with Crippen molar-refractivity contribution < 1.29 is 9.47 Å². The summed E-state index contributed by atoms with van der Waals surface area (Å²) >= 11 is 0. The lowest BCUT2D eigenvalue weighted by Gasteiger charge is -2.40. The first kappa shape index (κ1) is 17.4. The van der Waals surface area contributed by atoms with Gasteiger partial charge in [0.2, 0.25) is 0 Å². The summed E-state index contributed by atoms with van der Waals surface area (Å²) in [6.07, 6.45) is 3.68. The van der Waals surface area contributed by atoms with Crippen molar-refractivity contribution in [2.24, 2.45) is 20.0 Å². The van der Waals surface area contributed by atoms with Gasteiger partial charge in [-0.1, -0.05) is 6.42 Å². The summed E-state index contributed by atoms with van der Waals surface area (Å²) in [7, 11) is 5.01. The predicted molar refractivity (Wildman–Crippen MR) is 90.1 cm³/mol. The van der Waals surface area contributed by atoms with Crippen molar-refractivity contribution in [1.29, 1.82) is 0 Å². The molecule has 0 aromatic carbocycles. The van der Waals surface area contributed by atoms with Crippen LogP contribution in [0.3, 0.4) is 0 Å². The molecule has 7 nitrogen and oxygen atoms in total. The van der Waals surface area contributed by atoms with Crippen molar-refractivity contribution in [2.45, 2.75) is 38.0 Å². The van der Waals surface area contributed by atoms with E-state index in [9.17, 15) is 9.59 Å². The molecule has 2 aliphatic rings. The van der Waals surface area contributed by atoms with Crippen LogP contribution in [0.25, 0.3) is 0 Å². The molecule has 0 spiro atoms. The van der Waals surface area contributed by atoms with E-state index in [1.165, 1.54) is 13.5 Å². The second-order valence-electron chi connectivity index (χ2n) is 6.86. The van der Waals surface area contributed by atoms with Crippen LogP contribution in [0.15, 0.2) is 15.7 Å². The number of hydrogen-bond acceptors (Lipinski definition) is 5. The molecule has 1 aromatic rings. The van der Waals surface area contributed by atoms with Crippen LogP contribution in [-0.4, -0.2) is 53.0 Å². The molecule has 1 aromatic heterocycles. The number of nitrogens with zero attached hydrogens (tertiary/aromatic N) is 3. The first-order chi connectivity index (χ1) is 11.5. The number of ether oxygens (including phenoxy) is 2. The number of morpholine rings is 1. The standard InChI is InChI=1S/C17H27N3O4/c1-18-12(9-16(21)19(2)17(18)22)10-20-7-8-24-11-14(20)13-5-4-6-15(13)23-3/h9,13-15H,4-8,10-11H2,1-3H3/t13-,14+,15+/m0/s1. The highest BCUT2D eigenvalue weighted by Crippen LogP contribution is 2.34. The molecule has 2 heterocycles. The zero-order chi connectivity index (χ0) is 17.3. The average Bonchev–Trinajstić information content (AvgIpc) is 3.06. The van der Waals surface area contributed by atoms with Gasteiger partial charge in [0.15, 0.2) is 0 Å². The SMILES string of the molecule is CO[C@@H]1CCC[C@H]1[C@H]1COCCN1Cc1cc(=O)n(C)c(=O)n1C. The first-order valence-electron chi connectivity index (χ1n) is 8.63. The Morgan fingerprint density at radius 2 is 2.04 bits per heavy atom. The van der Waals surface area contributed by atoms with E-state index in [4.69, 9.17) is 9.47 Å². The fourth-order valence-electron chi connectivity index (χ4n) is 4.07. The molecule has 3 rings (SSSR count). The lowest BCUT2D eigenvalue weighted by molar-refractivity contribution is -0.0615. The molecule has 0 unspecified atom stereocenters. The first-order valence-corrected chi connectivity index (χ1v) is 8.63. The molecule has 7 heteroatoms. The van der Waals surface area contributed by atoms with Gasteiger partial charge in [-0.2, -0.15) is 0 Å². The van der Waals surface area contributed by atoms with Crippen molar-refractivity contribution in [3.05, 3.63) is 32.6 Å². The second kappa shape index (κ2) is 7.21. The molecule has 1 aliphatic heterocycles. The van der Waals surface area contributed by atoms with Crippen LogP contribution in [0.4, 0.5) is 0 Å². The summed E-state index contributed by atoms with van der Waals surface area (Å²) < 4.78 is 14.1. The van der Waals surface area contributed by atoms with E-state index in [0.717, 1.165) is 29.6 Å². The maximum atomic E-state index is 12.2. The maximum Gasteiger partial charge on any atom is 0.330 e. The summed E-state index contributed by atoms with van der Waals surface area (Å²) in [5.74, 6) is 0.443. The minimum atomic E-state index is -0.280. The van der Waals surface area contributed by atoms with Gasteiger partial charge in [0.1, 0.15) is 0 Å². The second-order valence-corrected chi connectivity index (χ2v) is 6.86. The number of aromatic nitrogens is 2. The molecular weight excluding hydrogens is 310 g/mol. The number of rotatable bonds is 4. The third-order valence-electron chi connectivity index (χ3n) is 5.57. The Hall–Kier alpha value is -1.44. The average molecular weight is 337 g/mol. The van der Waals surface area contributed by atoms with E-state index in [0.29, 0.717) is 25.7 Å². The molecule has 134 valence electrons. The van der Waals surface area contributed by atoms with Crippen molar-refractivity contribution in [2.75, 3.05) is 26.9 Å². The molecule has 0 radical (unpaired) electrons. The van der Waals surface area contributed by atoms with Crippen molar-refractivity contribution >= 4 is 0 Å². The predicted octanol–water partition coefficient (Wildman–Crippen LogP) is 0.0999. The molecule has 1 saturated heterocycles. The van der Waals surface area contributed by atoms with Gasteiger partial charge < -0.3 is 9.47 Å². The molecule has 3 atom stereocenters. The van der Waals surface area contributed by atoms with E-state index in [1.54, 1.807) is 24.8 Å². The zero-order valence-electron chi connectivity index (χ0n) is 14.7. The molecule has 0 amide bonds. The largest absolute Gasteiger partial charge is 0.381 e. The Morgan fingerprint density at radius 3 is 2.79 bits per heavy atom. The zero-order valence-corrected chi connectivity index (χ0v) is 14.7. The summed E-state index contributed by atoms with van der Waals surface area (Å²) in [5.41, 5.74) is 0.216. The highest BCUT2D eigenvalue weighted by Gasteiger charge is 2.38. The van der Waals surface area contributed by atoms with Gasteiger partial charge in [-0.05, 0) is 12.8 Å². The fraction of sp³-hybridized carbons (Fsp3) is 0.765.